The van der Waals surface area contributed by atoms with Crippen LogP contribution in [0.3, 0.4) is 0 Å². The number of halogens is 3. The van der Waals surface area contributed by atoms with E-state index >= 15 is 0 Å². The van der Waals surface area contributed by atoms with Gasteiger partial charge in [-0.15, -0.1) is 11.3 Å². The molecule has 84 valence electrons. The molecule has 2 aromatic rings. The Kier molecular flexibility index (Phi) is 4.27. The maximum Gasteiger partial charge on any atom is 0.0843 e. The fourth-order valence-electron chi connectivity index (χ4n) is 1.39. The Morgan fingerprint density at radius 2 is 1.75 bits per heavy atom. The molecule has 0 radical (unpaired) electrons. The zero-order chi connectivity index (χ0) is 11.7. The van der Waals surface area contributed by atoms with E-state index in [-0.39, 0.29) is 4.83 Å². The average Bonchev–Trinajstić information content (AvgIpc) is 2.59. The lowest BCUT2D eigenvalue weighted by atomic mass is 10.1. The van der Waals surface area contributed by atoms with Crippen molar-refractivity contribution in [3.63, 3.8) is 0 Å². The van der Waals surface area contributed by atoms with Crippen LogP contribution in [-0.4, -0.2) is 0 Å². The van der Waals surface area contributed by atoms with Crippen molar-refractivity contribution in [2.45, 2.75) is 11.8 Å². The fraction of sp³-hybridized carbons (Fsp3) is 0.167. The summed E-state index contributed by atoms with van der Waals surface area (Å²) in [5.74, 6) is 0. The first-order valence-corrected chi connectivity index (χ1v) is 8.05. The third-order valence-electron chi connectivity index (χ3n) is 2.28. The molecule has 0 N–H and O–H groups in total. The van der Waals surface area contributed by atoms with Gasteiger partial charge >= 0.3 is 0 Å². The fourth-order valence-corrected chi connectivity index (χ4v) is 4.20. The lowest BCUT2D eigenvalue weighted by Gasteiger charge is -2.07. The molecule has 16 heavy (non-hydrogen) atoms. The quantitative estimate of drug-likeness (QED) is 0.513. The standard InChI is InChI=1S/C12H9Br3S/c1-7-2-4-8(5-3-7)11(14)10-6-9(13)12(15)16-10/h2-6,11H,1H3. The van der Waals surface area contributed by atoms with Crippen molar-refractivity contribution in [1.29, 1.82) is 0 Å². The first-order valence-electron chi connectivity index (χ1n) is 4.73. The summed E-state index contributed by atoms with van der Waals surface area (Å²) >= 11 is 12.5. The van der Waals surface area contributed by atoms with E-state index in [1.165, 1.54) is 16.0 Å². The highest BCUT2D eigenvalue weighted by Crippen LogP contribution is 2.41. The first kappa shape index (κ1) is 12.8. The molecule has 1 aromatic carbocycles. The molecule has 1 atom stereocenters. The SMILES string of the molecule is Cc1ccc(C(Br)c2cc(Br)c(Br)s2)cc1. The summed E-state index contributed by atoms with van der Waals surface area (Å²) in [6.07, 6.45) is 0. The van der Waals surface area contributed by atoms with Gasteiger partial charge in [0.1, 0.15) is 0 Å². The Hall–Kier alpha value is 0.360. The van der Waals surface area contributed by atoms with Gasteiger partial charge in [-0.2, -0.15) is 0 Å². The molecule has 4 heteroatoms. The molecular weight excluding hydrogens is 416 g/mol. The van der Waals surface area contributed by atoms with Crippen LogP contribution in [0.1, 0.15) is 20.8 Å². The van der Waals surface area contributed by atoms with Crippen molar-refractivity contribution in [2.75, 3.05) is 0 Å². The molecular formula is C12H9Br3S. The van der Waals surface area contributed by atoms with Crippen LogP contribution >= 0.6 is 59.1 Å². The number of hydrogen-bond acceptors (Lipinski definition) is 1. The van der Waals surface area contributed by atoms with Gasteiger partial charge in [0, 0.05) is 9.35 Å². The smallest absolute Gasteiger partial charge is 0.0843 e. The molecule has 2 rings (SSSR count). The molecule has 1 aromatic heterocycles. The van der Waals surface area contributed by atoms with Crippen LogP contribution in [-0.2, 0) is 0 Å². The second kappa shape index (κ2) is 5.34. The Balaban J connectivity index is 2.31. The highest BCUT2D eigenvalue weighted by atomic mass is 79.9. The van der Waals surface area contributed by atoms with E-state index in [4.69, 9.17) is 0 Å². The zero-order valence-corrected chi connectivity index (χ0v) is 14.1. The second-order valence-electron chi connectivity index (χ2n) is 3.54. The molecule has 0 saturated carbocycles. The molecule has 0 spiro atoms. The number of aryl methyl sites for hydroxylation is 1. The summed E-state index contributed by atoms with van der Waals surface area (Å²) in [7, 11) is 0. The lowest BCUT2D eigenvalue weighted by molar-refractivity contribution is 1.21. The molecule has 0 amide bonds. The molecule has 0 nitrogen and oxygen atoms in total. The van der Waals surface area contributed by atoms with E-state index in [1.807, 2.05) is 0 Å². The van der Waals surface area contributed by atoms with Crippen LogP contribution in [0.15, 0.2) is 38.6 Å². The summed E-state index contributed by atoms with van der Waals surface area (Å²) in [5, 5.41) is 0. The maximum atomic E-state index is 3.73. The summed E-state index contributed by atoms with van der Waals surface area (Å²) in [5.41, 5.74) is 2.57. The summed E-state index contributed by atoms with van der Waals surface area (Å²) in [6.45, 7) is 2.10. The van der Waals surface area contributed by atoms with Gasteiger partial charge in [-0.25, -0.2) is 0 Å². The van der Waals surface area contributed by atoms with Crippen molar-refractivity contribution < 1.29 is 0 Å². The molecule has 0 aliphatic carbocycles. The Morgan fingerprint density at radius 3 is 2.25 bits per heavy atom. The number of hydrogen-bond donors (Lipinski definition) is 0. The summed E-state index contributed by atoms with van der Waals surface area (Å²) in [6, 6.07) is 10.8. The van der Waals surface area contributed by atoms with Gasteiger partial charge in [-0.05, 0) is 50.4 Å². The predicted octanol–water partition coefficient (Wildman–Crippen LogP) is 6.07. The van der Waals surface area contributed by atoms with Crippen molar-refractivity contribution in [3.05, 3.63) is 54.6 Å². The maximum absolute atomic E-state index is 3.73. The molecule has 1 unspecified atom stereocenters. The average molecular weight is 425 g/mol. The van der Waals surface area contributed by atoms with Crippen molar-refractivity contribution in [3.8, 4) is 0 Å². The lowest BCUT2D eigenvalue weighted by Crippen LogP contribution is -1.88. The minimum absolute atomic E-state index is 0.265. The minimum atomic E-state index is 0.265. The number of rotatable bonds is 2. The van der Waals surface area contributed by atoms with Crippen LogP contribution in [0.25, 0.3) is 0 Å². The molecule has 0 bridgehead atoms. The number of alkyl halides is 1. The summed E-state index contributed by atoms with van der Waals surface area (Å²) in [4.78, 5) is 1.56. The third kappa shape index (κ3) is 2.78. The normalized spacial score (nSPS) is 12.8. The van der Waals surface area contributed by atoms with Crippen LogP contribution in [0.4, 0.5) is 0 Å². The summed E-state index contributed by atoms with van der Waals surface area (Å²) < 4.78 is 2.25. The highest BCUT2D eigenvalue weighted by Gasteiger charge is 2.14. The molecule has 0 fully saturated rings. The first-order chi connectivity index (χ1) is 7.58. The third-order valence-corrected chi connectivity index (χ3v) is 6.93. The van der Waals surface area contributed by atoms with E-state index < -0.39 is 0 Å². The molecule has 0 aliphatic rings. The Morgan fingerprint density at radius 1 is 1.12 bits per heavy atom. The van der Waals surface area contributed by atoms with E-state index in [1.54, 1.807) is 11.3 Å². The van der Waals surface area contributed by atoms with Crippen LogP contribution in [0.5, 0.6) is 0 Å². The van der Waals surface area contributed by atoms with Gasteiger partial charge < -0.3 is 0 Å². The molecule has 0 aliphatic heterocycles. The van der Waals surface area contributed by atoms with Crippen LogP contribution < -0.4 is 0 Å². The van der Waals surface area contributed by atoms with Gasteiger partial charge in [-0.3, -0.25) is 0 Å². The number of thiophene rings is 1. The van der Waals surface area contributed by atoms with Gasteiger partial charge in [0.15, 0.2) is 0 Å². The minimum Gasteiger partial charge on any atom is -0.131 e. The zero-order valence-electron chi connectivity index (χ0n) is 8.51. The highest BCUT2D eigenvalue weighted by molar-refractivity contribution is 9.13. The van der Waals surface area contributed by atoms with E-state index in [0.717, 1.165) is 8.26 Å². The van der Waals surface area contributed by atoms with Crippen LogP contribution in [0, 0.1) is 6.92 Å². The van der Waals surface area contributed by atoms with Crippen molar-refractivity contribution >= 4 is 59.1 Å². The van der Waals surface area contributed by atoms with Gasteiger partial charge in [0.2, 0.25) is 0 Å². The van der Waals surface area contributed by atoms with Gasteiger partial charge in [-0.1, -0.05) is 45.8 Å². The van der Waals surface area contributed by atoms with Crippen LogP contribution in [0.2, 0.25) is 0 Å². The van der Waals surface area contributed by atoms with Crippen molar-refractivity contribution in [1.82, 2.24) is 0 Å². The van der Waals surface area contributed by atoms with Gasteiger partial charge in [0.05, 0.1) is 8.61 Å². The largest absolute Gasteiger partial charge is 0.131 e. The van der Waals surface area contributed by atoms with E-state index in [0.29, 0.717) is 0 Å². The van der Waals surface area contributed by atoms with E-state index in [9.17, 15) is 0 Å². The van der Waals surface area contributed by atoms with E-state index in [2.05, 4.69) is 85.0 Å². The monoisotopic (exact) mass is 422 g/mol. The predicted molar refractivity (Wildman–Crippen MR) is 81.7 cm³/mol. The molecule has 1 heterocycles. The molecule has 0 saturated heterocycles. The number of benzene rings is 1. The van der Waals surface area contributed by atoms with Gasteiger partial charge in [0.25, 0.3) is 0 Å². The topological polar surface area (TPSA) is 0 Å². The van der Waals surface area contributed by atoms with Crippen molar-refractivity contribution in [2.24, 2.45) is 0 Å². The Labute approximate surface area is 124 Å². The second-order valence-corrected chi connectivity index (χ2v) is 7.72. The Bertz CT molecular complexity index is 468.